The lowest BCUT2D eigenvalue weighted by atomic mass is 10.1. The van der Waals surface area contributed by atoms with Gasteiger partial charge in [-0.25, -0.2) is 0 Å². The molecule has 0 spiro atoms. The number of amides is 1. The van der Waals surface area contributed by atoms with E-state index in [-0.39, 0.29) is 11.8 Å². The molecule has 1 atom stereocenters. The molecule has 1 aliphatic heterocycles. The first-order valence-corrected chi connectivity index (χ1v) is 9.91. The number of carbonyl (C=O) groups is 1. The lowest BCUT2D eigenvalue weighted by molar-refractivity contribution is -0.127. The van der Waals surface area contributed by atoms with Crippen molar-refractivity contribution in [3.63, 3.8) is 0 Å². The van der Waals surface area contributed by atoms with Crippen LogP contribution in [-0.4, -0.2) is 48.3 Å². The summed E-state index contributed by atoms with van der Waals surface area (Å²) in [7, 11) is 3.18. The van der Waals surface area contributed by atoms with Crippen LogP contribution in [0.25, 0.3) is 11.4 Å². The molecule has 4 rings (SSSR count). The fraction of sp³-hybridized carbons (Fsp3) is 0.350. The van der Waals surface area contributed by atoms with Gasteiger partial charge in [0.05, 0.1) is 20.1 Å². The Morgan fingerprint density at radius 1 is 1.25 bits per heavy atom. The summed E-state index contributed by atoms with van der Waals surface area (Å²) < 4.78 is 16.1. The Morgan fingerprint density at radius 3 is 2.71 bits per heavy atom. The van der Waals surface area contributed by atoms with Gasteiger partial charge in [-0.2, -0.15) is 4.98 Å². The van der Waals surface area contributed by atoms with Crippen molar-refractivity contribution in [3.8, 4) is 22.9 Å². The van der Waals surface area contributed by atoms with Crippen LogP contribution in [0.3, 0.4) is 0 Å². The van der Waals surface area contributed by atoms with E-state index in [2.05, 4.69) is 21.6 Å². The third-order valence-corrected chi connectivity index (χ3v) is 5.76. The Bertz CT molecular complexity index is 932. The molecule has 1 aromatic carbocycles. The predicted octanol–water partition coefficient (Wildman–Crippen LogP) is 3.37. The van der Waals surface area contributed by atoms with Crippen LogP contribution in [0, 0.1) is 0 Å². The summed E-state index contributed by atoms with van der Waals surface area (Å²) in [5, 5.41) is 6.15. The summed E-state index contributed by atoms with van der Waals surface area (Å²) in [6, 6.07) is 9.55. The van der Waals surface area contributed by atoms with Gasteiger partial charge in [0.1, 0.15) is 11.5 Å². The quantitative estimate of drug-likeness (QED) is 0.606. The molecule has 1 aliphatic rings. The second kappa shape index (κ2) is 8.02. The molecule has 0 saturated carbocycles. The minimum absolute atomic E-state index is 0.0791. The molecule has 8 heteroatoms. The van der Waals surface area contributed by atoms with Gasteiger partial charge in [0.25, 0.3) is 0 Å². The average molecular weight is 399 g/mol. The van der Waals surface area contributed by atoms with E-state index >= 15 is 0 Å². The number of hydrogen-bond donors (Lipinski definition) is 0. The summed E-state index contributed by atoms with van der Waals surface area (Å²) in [6.07, 6.45) is 1.27. The van der Waals surface area contributed by atoms with E-state index in [9.17, 15) is 4.79 Å². The SMILES string of the molecule is COc1cc(OC)cc(-c2noc(C3CC(=O)N(CCc4cccs4)C3)n2)c1. The highest BCUT2D eigenvalue weighted by atomic mass is 32.1. The van der Waals surface area contributed by atoms with Gasteiger partial charge in [0.2, 0.25) is 17.6 Å². The Morgan fingerprint density at radius 2 is 2.04 bits per heavy atom. The summed E-state index contributed by atoms with van der Waals surface area (Å²) in [5.41, 5.74) is 0.741. The summed E-state index contributed by atoms with van der Waals surface area (Å²) in [4.78, 5) is 20.1. The first kappa shape index (κ1) is 18.5. The van der Waals surface area contributed by atoms with E-state index in [1.807, 2.05) is 23.1 Å². The van der Waals surface area contributed by atoms with Crippen molar-refractivity contribution in [2.45, 2.75) is 18.8 Å². The molecular formula is C20H21N3O4S. The number of thiophene rings is 1. The van der Waals surface area contributed by atoms with E-state index in [0.29, 0.717) is 42.7 Å². The molecule has 7 nitrogen and oxygen atoms in total. The van der Waals surface area contributed by atoms with Crippen LogP contribution in [0.2, 0.25) is 0 Å². The normalized spacial score (nSPS) is 16.6. The van der Waals surface area contributed by atoms with Gasteiger partial charge in [0, 0.05) is 36.0 Å². The molecule has 2 aromatic heterocycles. The minimum Gasteiger partial charge on any atom is -0.497 e. The fourth-order valence-electron chi connectivity index (χ4n) is 3.31. The third-order valence-electron chi connectivity index (χ3n) is 4.82. The average Bonchev–Trinajstić information content (AvgIpc) is 3.46. The lowest BCUT2D eigenvalue weighted by Crippen LogP contribution is -2.27. The van der Waals surface area contributed by atoms with Crippen molar-refractivity contribution in [3.05, 3.63) is 46.5 Å². The number of aromatic nitrogens is 2. The van der Waals surface area contributed by atoms with Gasteiger partial charge in [-0.15, -0.1) is 11.3 Å². The molecule has 146 valence electrons. The van der Waals surface area contributed by atoms with Gasteiger partial charge in [-0.05, 0) is 30.0 Å². The number of benzene rings is 1. The molecule has 28 heavy (non-hydrogen) atoms. The highest BCUT2D eigenvalue weighted by Crippen LogP contribution is 2.31. The van der Waals surface area contributed by atoms with Gasteiger partial charge in [0.15, 0.2) is 0 Å². The predicted molar refractivity (Wildman–Crippen MR) is 105 cm³/mol. The third kappa shape index (κ3) is 3.87. The maximum absolute atomic E-state index is 12.4. The Balaban J connectivity index is 1.46. The highest BCUT2D eigenvalue weighted by molar-refractivity contribution is 7.09. The molecular weight excluding hydrogens is 378 g/mol. The molecule has 0 radical (unpaired) electrons. The van der Waals surface area contributed by atoms with Crippen LogP contribution in [-0.2, 0) is 11.2 Å². The van der Waals surface area contributed by atoms with Gasteiger partial charge < -0.3 is 18.9 Å². The van der Waals surface area contributed by atoms with E-state index in [0.717, 1.165) is 12.0 Å². The van der Waals surface area contributed by atoms with Crippen LogP contribution < -0.4 is 9.47 Å². The molecule has 0 aliphatic carbocycles. The van der Waals surface area contributed by atoms with Crippen LogP contribution >= 0.6 is 11.3 Å². The zero-order chi connectivity index (χ0) is 19.5. The van der Waals surface area contributed by atoms with E-state index in [1.165, 1.54) is 4.88 Å². The molecule has 0 bridgehead atoms. The summed E-state index contributed by atoms with van der Waals surface area (Å²) in [5.74, 6) is 2.29. The van der Waals surface area contributed by atoms with Crippen molar-refractivity contribution in [1.82, 2.24) is 15.0 Å². The Labute approximate surface area is 166 Å². The van der Waals surface area contributed by atoms with E-state index in [4.69, 9.17) is 14.0 Å². The van der Waals surface area contributed by atoms with Crippen LogP contribution in [0.5, 0.6) is 11.5 Å². The van der Waals surface area contributed by atoms with Crippen molar-refractivity contribution < 1.29 is 18.8 Å². The zero-order valence-electron chi connectivity index (χ0n) is 15.8. The molecule has 1 amide bonds. The van der Waals surface area contributed by atoms with Crippen molar-refractivity contribution >= 4 is 17.2 Å². The molecule has 3 aromatic rings. The van der Waals surface area contributed by atoms with Crippen molar-refractivity contribution in [1.29, 1.82) is 0 Å². The minimum atomic E-state index is -0.0791. The van der Waals surface area contributed by atoms with Crippen LogP contribution in [0.1, 0.15) is 23.1 Å². The number of likely N-dealkylation sites (tertiary alicyclic amines) is 1. The molecule has 0 N–H and O–H groups in total. The number of hydrogen-bond acceptors (Lipinski definition) is 7. The smallest absolute Gasteiger partial charge is 0.232 e. The Kier molecular flexibility index (Phi) is 5.29. The van der Waals surface area contributed by atoms with Gasteiger partial charge in [-0.3, -0.25) is 4.79 Å². The number of rotatable bonds is 7. The largest absolute Gasteiger partial charge is 0.497 e. The zero-order valence-corrected chi connectivity index (χ0v) is 16.6. The summed E-state index contributed by atoms with van der Waals surface area (Å²) in [6.45, 7) is 1.32. The van der Waals surface area contributed by atoms with Crippen LogP contribution in [0.15, 0.2) is 40.2 Å². The van der Waals surface area contributed by atoms with Gasteiger partial charge in [-0.1, -0.05) is 11.2 Å². The fourth-order valence-corrected chi connectivity index (χ4v) is 4.01. The highest BCUT2D eigenvalue weighted by Gasteiger charge is 2.34. The second-order valence-corrected chi connectivity index (χ2v) is 7.66. The Hall–Kier alpha value is -2.87. The maximum atomic E-state index is 12.4. The standard InChI is InChI=1S/C20H21N3O4S/c1-25-15-8-13(9-16(11-15)26-2)19-21-20(27-22-19)14-10-18(24)23(12-14)6-5-17-4-3-7-28-17/h3-4,7-9,11,14H,5-6,10,12H2,1-2H3. The van der Waals surface area contributed by atoms with E-state index < -0.39 is 0 Å². The van der Waals surface area contributed by atoms with Crippen molar-refractivity contribution in [2.75, 3.05) is 27.3 Å². The number of carbonyl (C=O) groups excluding carboxylic acids is 1. The molecule has 1 unspecified atom stereocenters. The number of ether oxygens (including phenoxy) is 2. The lowest BCUT2D eigenvalue weighted by Gasteiger charge is -2.15. The second-order valence-electron chi connectivity index (χ2n) is 6.63. The molecule has 3 heterocycles. The van der Waals surface area contributed by atoms with E-state index in [1.54, 1.807) is 31.6 Å². The summed E-state index contributed by atoms with van der Waals surface area (Å²) >= 11 is 1.71. The molecule has 1 fully saturated rings. The first-order chi connectivity index (χ1) is 13.7. The monoisotopic (exact) mass is 399 g/mol. The number of methoxy groups -OCH3 is 2. The topological polar surface area (TPSA) is 77.7 Å². The number of nitrogens with zero attached hydrogens (tertiary/aromatic N) is 3. The van der Waals surface area contributed by atoms with Gasteiger partial charge >= 0.3 is 0 Å². The maximum Gasteiger partial charge on any atom is 0.232 e. The molecule has 1 saturated heterocycles. The van der Waals surface area contributed by atoms with Crippen LogP contribution in [0.4, 0.5) is 0 Å². The first-order valence-electron chi connectivity index (χ1n) is 9.03. The van der Waals surface area contributed by atoms with Crippen molar-refractivity contribution in [2.24, 2.45) is 0 Å².